The molecule has 1 aliphatic rings. The maximum absolute atomic E-state index is 13.7. The Morgan fingerprint density at radius 3 is 2.95 bits per heavy atom. The number of carbonyl (C=O) groups is 1. The summed E-state index contributed by atoms with van der Waals surface area (Å²) in [5.74, 6) is -1.01. The number of rotatable bonds is 6. The van der Waals surface area contributed by atoms with E-state index >= 15 is 0 Å². The highest BCUT2D eigenvalue weighted by atomic mass is 32.2. The van der Waals surface area contributed by atoms with Crippen molar-refractivity contribution in [2.45, 2.75) is 54.7 Å². The van der Waals surface area contributed by atoms with Crippen molar-refractivity contribution >= 4 is 17.7 Å². The minimum atomic E-state index is -0.850. The first kappa shape index (κ1) is 16.3. The predicted octanol–water partition coefficient (Wildman–Crippen LogP) is 3.68. The first-order valence-electron chi connectivity index (χ1n) is 7.47. The Kier molecular flexibility index (Phi) is 5.65. The van der Waals surface area contributed by atoms with Gasteiger partial charge in [0.1, 0.15) is 11.4 Å². The molecule has 1 aromatic carbocycles. The number of nitrogens with one attached hydrogen (secondary N) is 1. The van der Waals surface area contributed by atoms with E-state index in [2.05, 4.69) is 5.32 Å². The van der Waals surface area contributed by atoms with Gasteiger partial charge in [-0.3, -0.25) is 4.79 Å². The van der Waals surface area contributed by atoms with Gasteiger partial charge >= 0.3 is 5.97 Å². The molecule has 2 atom stereocenters. The molecule has 0 saturated heterocycles. The summed E-state index contributed by atoms with van der Waals surface area (Å²) >= 11 is 1.47. The van der Waals surface area contributed by atoms with Crippen molar-refractivity contribution in [3.63, 3.8) is 0 Å². The molecule has 1 aromatic rings. The minimum absolute atomic E-state index is 0.135. The second kappa shape index (κ2) is 7.27. The summed E-state index contributed by atoms with van der Waals surface area (Å²) in [6.45, 7) is 2.72. The lowest BCUT2D eigenvalue weighted by Crippen LogP contribution is -2.55. The van der Waals surface area contributed by atoms with Crippen LogP contribution in [0.4, 0.5) is 4.39 Å². The van der Waals surface area contributed by atoms with E-state index in [0.717, 1.165) is 19.3 Å². The van der Waals surface area contributed by atoms with Crippen LogP contribution >= 0.6 is 11.8 Å². The van der Waals surface area contributed by atoms with E-state index in [-0.39, 0.29) is 11.1 Å². The number of hydrogen-bond acceptors (Lipinski definition) is 3. The lowest BCUT2D eigenvalue weighted by molar-refractivity contribution is -0.146. The van der Waals surface area contributed by atoms with Gasteiger partial charge in [0, 0.05) is 10.1 Å². The molecule has 0 aliphatic heterocycles. The number of hydrogen-bond donors (Lipinski definition) is 2. The molecule has 2 N–H and O–H groups in total. The van der Waals surface area contributed by atoms with Crippen LogP contribution < -0.4 is 5.32 Å². The average molecular weight is 311 g/mol. The first-order valence-corrected chi connectivity index (χ1v) is 8.35. The molecule has 5 heteroatoms. The summed E-state index contributed by atoms with van der Waals surface area (Å²) in [5, 5.41) is 13.0. The SMILES string of the molecule is CCCNC1(C(=O)O)CCCC(Sc2ccccc2F)C1. The molecule has 2 rings (SSSR count). The summed E-state index contributed by atoms with van der Waals surface area (Å²) < 4.78 is 13.7. The molecule has 0 bridgehead atoms. The molecule has 21 heavy (non-hydrogen) atoms. The molecule has 0 aromatic heterocycles. The van der Waals surface area contributed by atoms with Gasteiger partial charge in [-0.25, -0.2) is 4.39 Å². The van der Waals surface area contributed by atoms with Gasteiger partial charge in [-0.15, -0.1) is 11.8 Å². The van der Waals surface area contributed by atoms with Gasteiger partial charge < -0.3 is 10.4 Å². The molecule has 0 heterocycles. The Hall–Kier alpha value is -1.07. The standard InChI is InChI=1S/C16H22FNO2S/c1-2-10-18-16(15(19)20)9-5-6-12(11-16)21-14-8-4-3-7-13(14)17/h3-4,7-8,12,18H,2,5-6,9-11H2,1H3,(H,19,20). The van der Waals surface area contributed by atoms with Gasteiger partial charge in [-0.05, 0) is 50.8 Å². The number of halogens is 1. The number of thioether (sulfide) groups is 1. The van der Waals surface area contributed by atoms with Gasteiger partial charge in [0.2, 0.25) is 0 Å². The maximum Gasteiger partial charge on any atom is 0.323 e. The van der Waals surface area contributed by atoms with Crippen molar-refractivity contribution in [1.29, 1.82) is 0 Å². The third-order valence-electron chi connectivity index (χ3n) is 3.96. The van der Waals surface area contributed by atoms with E-state index in [9.17, 15) is 14.3 Å². The average Bonchev–Trinajstić information content (AvgIpc) is 2.48. The van der Waals surface area contributed by atoms with E-state index in [1.807, 2.05) is 13.0 Å². The zero-order chi connectivity index (χ0) is 15.3. The molecule has 116 valence electrons. The molecule has 2 unspecified atom stereocenters. The highest BCUT2D eigenvalue weighted by molar-refractivity contribution is 8.00. The highest BCUT2D eigenvalue weighted by Crippen LogP contribution is 2.39. The van der Waals surface area contributed by atoms with Crippen molar-refractivity contribution in [3.05, 3.63) is 30.1 Å². The van der Waals surface area contributed by atoms with Gasteiger partial charge in [-0.1, -0.05) is 19.1 Å². The normalized spacial score (nSPS) is 25.7. The predicted molar refractivity (Wildman–Crippen MR) is 83.2 cm³/mol. The maximum atomic E-state index is 13.7. The molecule has 1 saturated carbocycles. The lowest BCUT2D eigenvalue weighted by atomic mass is 9.81. The Morgan fingerprint density at radius 2 is 2.29 bits per heavy atom. The molecule has 1 fully saturated rings. The van der Waals surface area contributed by atoms with Crippen LogP contribution in [0, 0.1) is 5.82 Å². The van der Waals surface area contributed by atoms with Crippen molar-refractivity contribution in [3.8, 4) is 0 Å². The van der Waals surface area contributed by atoms with Crippen LogP contribution in [0.2, 0.25) is 0 Å². The fourth-order valence-corrected chi connectivity index (χ4v) is 4.19. The molecule has 1 aliphatic carbocycles. The Balaban J connectivity index is 2.08. The van der Waals surface area contributed by atoms with Gasteiger partial charge in [-0.2, -0.15) is 0 Å². The van der Waals surface area contributed by atoms with Gasteiger partial charge in [0.05, 0.1) is 0 Å². The van der Waals surface area contributed by atoms with Crippen LogP contribution in [0.5, 0.6) is 0 Å². The van der Waals surface area contributed by atoms with E-state index in [1.54, 1.807) is 12.1 Å². The zero-order valence-corrected chi connectivity index (χ0v) is 13.1. The third kappa shape index (κ3) is 3.98. The van der Waals surface area contributed by atoms with E-state index in [0.29, 0.717) is 24.3 Å². The van der Waals surface area contributed by atoms with Crippen molar-refractivity contribution in [2.75, 3.05) is 6.54 Å². The van der Waals surface area contributed by atoms with Gasteiger partial charge in [0.15, 0.2) is 0 Å². The van der Waals surface area contributed by atoms with Crippen LogP contribution in [0.1, 0.15) is 39.0 Å². The third-order valence-corrected chi connectivity index (χ3v) is 5.28. The summed E-state index contributed by atoms with van der Waals surface area (Å²) in [6.07, 6.45) is 3.88. The highest BCUT2D eigenvalue weighted by Gasteiger charge is 2.42. The number of carboxylic acids is 1. The molecular formula is C16H22FNO2S. The molecule has 0 amide bonds. The first-order chi connectivity index (χ1) is 10.1. The smallest absolute Gasteiger partial charge is 0.323 e. The molecule has 3 nitrogen and oxygen atoms in total. The van der Waals surface area contributed by atoms with Crippen molar-refractivity contribution in [2.24, 2.45) is 0 Å². The lowest BCUT2D eigenvalue weighted by Gasteiger charge is -2.38. The summed E-state index contributed by atoms with van der Waals surface area (Å²) in [4.78, 5) is 12.3. The number of carboxylic acid groups (broad SMARTS) is 1. The second-order valence-corrected chi connectivity index (χ2v) is 6.92. The Labute approximate surface area is 129 Å². The Morgan fingerprint density at radius 1 is 1.52 bits per heavy atom. The second-order valence-electron chi connectivity index (χ2n) is 5.58. The van der Waals surface area contributed by atoms with E-state index in [1.165, 1.54) is 17.8 Å². The van der Waals surface area contributed by atoms with Crippen molar-refractivity contribution in [1.82, 2.24) is 5.32 Å². The molecular weight excluding hydrogens is 289 g/mol. The van der Waals surface area contributed by atoms with Gasteiger partial charge in [0.25, 0.3) is 0 Å². The topological polar surface area (TPSA) is 49.3 Å². The van der Waals surface area contributed by atoms with Crippen LogP contribution in [0.3, 0.4) is 0 Å². The van der Waals surface area contributed by atoms with Crippen LogP contribution in [0.25, 0.3) is 0 Å². The Bertz CT molecular complexity index is 497. The fourth-order valence-electron chi connectivity index (χ4n) is 2.84. The van der Waals surface area contributed by atoms with Crippen LogP contribution in [-0.2, 0) is 4.79 Å². The quantitative estimate of drug-likeness (QED) is 0.841. The number of benzene rings is 1. The van der Waals surface area contributed by atoms with E-state index < -0.39 is 11.5 Å². The minimum Gasteiger partial charge on any atom is -0.480 e. The largest absolute Gasteiger partial charge is 0.480 e. The fraction of sp³-hybridized carbons (Fsp3) is 0.562. The van der Waals surface area contributed by atoms with Crippen molar-refractivity contribution < 1.29 is 14.3 Å². The number of aliphatic carboxylic acids is 1. The van der Waals surface area contributed by atoms with Crippen LogP contribution in [-0.4, -0.2) is 28.4 Å². The zero-order valence-electron chi connectivity index (χ0n) is 12.3. The van der Waals surface area contributed by atoms with Crippen LogP contribution in [0.15, 0.2) is 29.2 Å². The summed E-state index contributed by atoms with van der Waals surface area (Å²) in [5.41, 5.74) is -0.850. The summed E-state index contributed by atoms with van der Waals surface area (Å²) in [6, 6.07) is 6.69. The molecule has 0 radical (unpaired) electrons. The molecule has 0 spiro atoms. The summed E-state index contributed by atoms with van der Waals surface area (Å²) in [7, 11) is 0. The van der Waals surface area contributed by atoms with E-state index in [4.69, 9.17) is 0 Å². The monoisotopic (exact) mass is 311 g/mol.